The molecule has 1 fully saturated rings. The molecule has 1 aromatic carbocycles. The molecule has 1 unspecified atom stereocenters. The molecule has 0 bridgehead atoms. The van der Waals surface area contributed by atoms with Crippen LogP contribution >= 0.6 is 0 Å². The molecule has 0 amide bonds. The normalized spacial score (nSPS) is 17.6. The van der Waals surface area contributed by atoms with E-state index in [1.54, 1.807) is 7.11 Å². The second-order valence-corrected chi connectivity index (χ2v) is 4.24. The number of benzene rings is 1. The van der Waals surface area contributed by atoms with Crippen molar-refractivity contribution < 1.29 is 14.6 Å². The predicted octanol–water partition coefficient (Wildman–Crippen LogP) is 2.24. The van der Waals surface area contributed by atoms with E-state index in [2.05, 4.69) is 0 Å². The Labute approximate surface area is 96.0 Å². The van der Waals surface area contributed by atoms with E-state index in [4.69, 9.17) is 9.47 Å². The highest BCUT2D eigenvalue weighted by atomic mass is 16.5. The highest BCUT2D eigenvalue weighted by molar-refractivity contribution is 5.31. The van der Waals surface area contributed by atoms with Gasteiger partial charge in [0.05, 0.1) is 13.2 Å². The Morgan fingerprint density at radius 3 is 2.38 bits per heavy atom. The van der Waals surface area contributed by atoms with Crippen LogP contribution in [0.1, 0.15) is 19.3 Å². The highest BCUT2D eigenvalue weighted by Gasteiger charge is 2.25. The molecule has 0 aromatic heterocycles. The Morgan fingerprint density at radius 1 is 1.25 bits per heavy atom. The maximum absolute atomic E-state index is 9.78. The molecule has 2 rings (SSSR count). The van der Waals surface area contributed by atoms with Gasteiger partial charge in [0.1, 0.15) is 18.1 Å². The summed E-state index contributed by atoms with van der Waals surface area (Å²) >= 11 is 0. The van der Waals surface area contributed by atoms with E-state index < -0.39 is 0 Å². The molecule has 1 aliphatic carbocycles. The van der Waals surface area contributed by atoms with Crippen LogP contribution in [-0.2, 0) is 0 Å². The Hall–Kier alpha value is -1.22. The molecule has 88 valence electrons. The van der Waals surface area contributed by atoms with Gasteiger partial charge in [-0.05, 0) is 43.0 Å². The minimum Gasteiger partial charge on any atom is -0.497 e. The van der Waals surface area contributed by atoms with Gasteiger partial charge in [0.2, 0.25) is 0 Å². The fourth-order valence-electron chi connectivity index (χ4n) is 1.81. The van der Waals surface area contributed by atoms with Gasteiger partial charge in [-0.25, -0.2) is 0 Å². The van der Waals surface area contributed by atoms with Crippen LogP contribution in [0.2, 0.25) is 0 Å². The van der Waals surface area contributed by atoms with Gasteiger partial charge in [0, 0.05) is 0 Å². The van der Waals surface area contributed by atoms with Crippen molar-refractivity contribution in [2.75, 3.05) is 13.7 Å². The Kier molecular flexibility index (Phi) is 3.67. The summed E-state index contributed by atoms with van der Waals surface area (Å²) in [6.45, 7) is 0.386. The topological polar surface area (TPSA) is 38.7 Å². The first-order chi connectivity index (χ1) is 7.79. The van der Waals surface area contributed by atoms with E-state index >= 15 is 0 Å². The van der Waals surface area contributed by atoms with Crippen LogP contribution in [0, 0.1) is 5.92 Å². The summed E-state index contributed by atoms with van der Waals surface area (Å²) in [6.07, 6.45) is 3.18. The van der Waals surface area contributed by atoms with Crippen molar-refractivity contribution in [3.63, 3.8) is 0 Å². The number of aliphatic hydroxyl groups excluding tert-OH is 1. The van der Waals surface area contributed by atoms with Crippen LogP contribution in [0.15, 0.2) is 24.3 Å². The third-order valence-electron chi connectivity index (χ3n) is 3.17. The zero-order valence-electron chi connectivity index (χ0n) is 9.56. The van der Waals surface area contributed by atoms with Crippen molar-refractivity contribution in [1.82, 2.24) is 0 Å². The van der Waals surface area contributed by atoms with E-state index in [1.165, 1.54) is 6.42 Å². The zero-order valence-corrected chi connectivity index (χ0v) is 9.56. The number of hydrogen-bond acceptors (Lipinski definition) is 3. The zero-order chi connectivity index (χ0) is 11.4. The molecule has 1 saturated carbocycles. The van der Waals surface area contributed by atoms with E-state index in [1.807, 2.05) is 24.3 Å². The lowest BCUT2D eigenvalue weighted by Gasteiger charge is -2.30. The average molecular weight is 222 g/mol. The van der Waals surface area contributed by atoms with Gasteiger partial charge in [0.25, 0.3) is 0 Å². The highest BCUT2D eigenvalue weighted by Crippen LogP contribution is 2.29. The second kappa shape index (κ2) is 5.21. The number of methoxy groups -OCH3 is 1. The molecule has 1 N–H and O–H groups in total. The largest absolute Gasteiger partial charge is 0.497 e. The Morgan fingerprint density at radius 2 is 1.88 bits per heavy atom. The van der Waals surface area contributed by atoms with E-state index in [0.29, 0.717) is 12.5 Å². The maximum atomic E-state index is 9.78. The SMILES string of the molecule is COc1ccc(OCC(O)C2CCC2)cc1. The van der Waals surface area contributed by atoms with Gasteiger partial charge in [-0.15, -0.1) is 0 Å². The lowest BCUT2D eigenvalue weighted by molar-refractivity contribution is 0.0241. The monoisotopic (exact) mass is 222 g/mol. The van der Waals surface area contributed by atoms with Crippen molar-refractivity contribution in [3.05, 3.63) is 24.3 Å². The van der Waals surface area contributed by atoms with Gasteiger partial charge in [-0.3, -0.25) is 0 Å². The molecular formula is C13H18O3. The molecular weight excluding hydrogens is 204 g/mol. The lowest BCUT2D eigenvalue weighted by atomic mass is 9.81. The van der Waals surface area contributed by atoms with Gasteiger partial charge in [-0.1, -0.05) is 6.42 Å². The fraction of sp³-hybridized carbons (Fsp3) is 0.538. The van der Waals surface area contributed by atoms with E-state index in [0.717, 1.165) is 24.3 Å². The molecule has 3 heteroatoms. The molecule has 0 heterocycles. The van der Waals surface area contributed by atoms with Crippen LogP contribution in [0.25, 0.3) is 0 Å². The van der Waals surface area contributed by atoms with Crippen LogP contribution < -0.4 is 9.47 Å². The molecule has 1 aromatic rings. The predicted molar refractivity (Wildman–Crippen MR) is 61.8 cm³/mol. The Balaban J connectivity index is 1.79. The minimum absolute atomic E-state index is 0.323. The second-order valence-electron chi connectivity index (χ2n) is 4.24. The van der Waals surface area contributed by atoms with Crippen molar-refractivity contribution in [2.24, 2.45) is 5.92 Å². The van der Waals surface area contributed by atoms with E-state index in [-0.39, 0.29) is 6.10 Å². The van der Waals surface area contributed by atoms with Gasteiger partial charge < -0.3 is 14.6 Å². The summed E-state index contributed by atoms with van der Waals surface area (Å²) in [6, 6.07) is 7.41. The number of rotatable bonds is 5. The van der Waals surface area contributed by atoms with Gasteiger partial charge in [0.15, 0.2) is 0 Å². The molecule has 0 spiro atoms. The number of aliphatic hydroxyl groups is 1. The molecule has 0 radical (unpaired) electrons. The van der Waals surface area contributed by atoms with Crippen LogP contribution in [0.3, 0.4) is 0 Å². The molecule has 0 aliphatic heterocycles. The summed E-state index contributed by atoms with van der Waals surface area (Å²) in [4.78, 5) is 0. The number of hydrogen-bond donors (Lipinski definition) is 1. The van der Waals surface area contributed by atoms with E-state index in [9.17, 15) is 5.11 Å². The minimum atomic E-state index is -0.323. The number of ether oxygens (including phenoxy) is 2. The average Bonchev–Trinajstić information content (AvgIpc) is 2.25. The summed E-state index contributed by atoms with van der Waals surface area (Å²) in [5.74, 6) is 2.03. The lowest BCUT2D eigenvalue weighted by Crippen LogP contribution is -2.31. The first-order valence-corrected chi connectivity index (χ1v) is 5.74. The standard InChI is InChI=1S/C13H18O3/c1-15-11-5-7-12(8-6-11)16-9-13(14)10-3-2-4-10/h5-8,10,13-14H,2-4,9H2,1H3. The van der Waals surface area contributed by atoms with Crippen LogP contribution in [-0.4, -0.2) is 24.9 Å². The van der Waals surface area contributed by atoms with Crippen molar-refractivity contribution in [1.29, 1.82) is 0 Å². The van der Waals surface area contributed by atoms with Gasteiger partial charge >= 0.3 is 0 Å². The molecule has 16 heavy (non-hydrogen) atoms. The fourth-order valence-corrected chi connectivity index (χ4v) is 1.81. The summed E-state index contributed by atoms with van der Waals surface area (Å²) in [5, 5.41) is 9.78. The molecule has 1 aliphatic rings. The quantitative estimate of drug-likeness (QED) is 0.830. The maximum Gasteiger partial charge on any atom is 0.119 e. The molecule has 3 nitrogen and oxygen atoms in total. The summed E-state index contributed by atoms with van der Waals surface area (Å²) < 4.78 is 10.6. The third-order valence-corrected chi connectivity index (χ3v) is 3.17. The first-order valence-electron chi connectivity index (χ1n) is 5.74. The summed E-state index contributed by atoms with van der Waals surface area (Å²) in [7, 11) is 1.64. The summed E-state index contributed by atoms with van der Waals surface area (Å²) in [5.41, 5.74) is 0. The van der Waals surface area contributed by atoms with Crippen molar-refractivity contribution >= 4 is 0 Å². The van der Waals surface area contributed by atoms with Gasteiger partial charge in [-0.2, -0.15) is 0 Å². The smallest absolute Gasteiger partial charge is 0.119 e. The molecule has 1 atom stereocenters. The Bertz CT molecular complexity index is 316. The van der Waals surface area contributed by atoms with Crippen LogP contribution in [0.4, 0.5) is 0 Å². The van der Waals surface area contributed by atoms with Crippen molar-refractivity contribution in [2.45, 2.75) is 25.4 Å². The van der Waals surface area contributed by atoms with Crippen molar-refractivity contribution in [3.8, 4) is 11.5 Å². The van der Waals surface area contributed by atoms with Crippen LogP contribution in [0.5, 0.6) is 11.5 Å². The third kappa shape index (κ3) is 2.67. The first kappa shape index (κ1) is 11.3. The molecule has 0 saturated heterocycles.